The lowest BCUT2D eigenvalue weighted by Gasteiger charge is -2.36. The number of amides is 2. The Morgan fingerprint density at radius 3 is 2.55 bits per heavy atom. The van der Waals surface area contributed by atoms with Gasteiger partial charge in [0.05, 0.1) is 16.8 Å². The number of anilines is 3. The summed E-state index contributed by atoms with van der Waals surface area (Å²) < 4.78 is 6.32. The average molecular weight is 510 g/mol. The quantitative estimate of drug-likeness (QED) is 0.410. The maximum Gasteiger partial charge on any atom is 0.247 e. The largest absolute Gasteiger partial charge is 0.490 e. The predicted octanol–water partition coefficient (Wildman–Crippen LogP) is 5.45. The smallest absolute Gasteiger partial charge is 0.247 e. The molecular weight excluding hydrogens is 478 g/mol. The molecule has 8 heteroatoms. The van der Waals surface area contributed by atoms with E-state index in [9.17, 15) is 14.9 Å². The van der Waals surface area contributed by atoms with E-state index in [2.05, 4.69) is 28.3 Å². The Balaban J connectivity index is 1.30. The van der Waals surface area contributed by atoms with Crippen LogP contribution in [0.2, 0.25) is 0 Å². The first kappa shape index (κ1) is 25.3. The molecule has 5 rings (SSSR count). The molecule has 38 heavy (non-hydrogen) atoms. The fourth-order valence-electron chi connectivity index (χ4n) is 4.97. The molecule has 1 saturated carbocycles. The Labute approximate surface area is 222 Å². The van der Waals surface area contributed by atoms with Crippen molar-refractivity contribution in [2.45, 2.75) is 45.1 Å². The summed E-state index contributed by atoms with van der Waals surface area (Å²) in [5, 5.41) is 16.6. The van der Waals surface area contributed by atoms with Gasteiger partial charge in [0.1, 0.15) is 17.9 Å². The molecule has 0 radical (unpaired) electrons. The number of hydrogen-bond acceptors (Lipinski definition) is 6. The summed E-state index contributed by atoms with van der Waals surface area (Å²) in [5.74, 6) is 1.06. The zero-order valence-corrected chi connectivity index (χ0v) is 21.5. The van der Waals surface area contributed by atoms with E-state index in [0.29, 0.717) is 33.7 Å². The van der Waals surface area contributed by atoms with Crippen molar-refractivity contribution in [2.75, 3.05) is 23.7 Å². The number of nitrogens with one attached hydrogen (secondary N) is 2. The Bertz CT molecular complexity index is 1430. The van der Waals surface area contributed by atoms with Gasteiger partial charge in [0.2, 0.25) is 11.8 Å². The first-order chi connectivity index (χ1) is 18.4. The highest BCUT2D eigenvalue weighted by atomic mass is 16.5. The lowest BCUT2D eigenvalue weighted by atomic mass is 9.84. The molecule has 194 valence electrons. The first-order valence-electron chi connectivity index (χ1n) is 13.0. The van der Waals surface area contributed by atoms with Crippen LogP contribution in [0.4, 0.5) is 17.1 Å². The molecule has 1 saturated heterocycles. The Morgan fingerprint density at radius 1 is 1.13 bits per heavy atom. The van der Waals surface area contributed by atoms with Gasteiger partial charge in [-0.15, -0.1) is 0 Å². The lowest BCUT2D eigenvalue weighted by Crippen LogP contribution is -2.45. The number of likely N-dealkylation sites (tertiary alicyclic amines) is 1. The monoisotopic (exact) mass is 509 g/mol. The number of hydrogen-bond donors (Lipinski definition) is 2. The highest BCUT2D eigenvalue weighted by Gasteiger charge is 2.32. The molecule has 0 bridgehead atoms. The van der Waals surface area contributed by atoms with Crippen LogP contribution in [0.25, 0.3) is 10.9 Å². The Morgan fingerprint density at radius 2 is 1.89 bits per heavy atom. The molecule has 1 aliphatic heterocycles. The molecule has 0 spiro atoms. The third-order valence-corrected chi connectivity index (χ3v) is 7.39. The predicted molar refractivity (Wildman–Crippen MR) is 147 cm³/mol. The number of pyridine rings is 1. The highest BCUT2D eigenvalue weighted by molar-refractivity contribution is 6.02. The van der Waals surface area contributed by atoms with Crippen LogP contribution in [0, 0.1) is 24.2 Å². The number of ether oxygens (including phenoxy) is 1. The Kier molecular flexibility index (Phi) is 7.27. The van der Waals surface area contributed by atoms with Crippen molar-refractivity contribution in [1.82, 2.24) is 9.88 Å². The van der Waals surface area contributed by atoms with E-state index in [1.165, 1.54) is 12.5 Å². The Hall–Kier alpha value is -4.38. The van der Waals surface area contributed by atoms with Gasteiger partial charge in [0.15, 0.2) is 0 Å². The number of aryl methyl sites for hydroxylation is 1. The van der Waals surface area contributed by atoms with Gasteiger partial charge in [0.25, 0.3) is 0 Å². The standard InChI is InChI=1S/C30H31N5O3/c1-3-28(36)33-23-7-9-26-25(16-23)29(21(17-31)18-32-26)34-22-8-10-27(19(2)15-22)38-24-11-13-35(14-12-24)30(37)20-5-4-6-20/h3,7-10,15-16,18,20,24H,1,4-6,11-14H2,2H3,(H,32,34)(H,33,36). The number of aromatic nitrogens is 1. The van der Waals surface area contributed by atoms with E-state index in [-0.39, 0.29) is 17.9 Å². The highest BCUT2D eigenvalue weighted by Crippen LogP contribution is 2.33. The van der Waals surface area contributed by atoms with Crippen molar-refractivity contribution in [3.63, 3.8) is 0 Å². The van der Waals surface area contributed by atoms with E-state index in [4.69, 9.17) is 4.74 Å². The molecule has 1 aromatic heterocycles. The number of nitriles is 1. The van der Waals surface area contributed by atoms with Crippen molar-refractivity contribution < 1.29 is 14.3 Å². The summed E-state index contributed by atoms with van der Waals surface area (Å²) in [6, 6.07) is 13.4. The van der Waals surface area contributed by atoms with E-state index < -0.39 is 0 Å². The molecule has 3 aromatic rings. The number of carbonyl (C=O) groups is 2. The van der Waals surface area contributed by atoms with Crippen LogP contribution in [0.1, 0.15) is 43.2 Å². The molecule has 8 nitrogen and oxygen atoms in total. The van der Waals surface area contributed by atoms with Crippen molar-refractivity contribution in [3.05, 3.63) is 66.4 Å². The number of fused-ring (bicyclic) bond motifs is 1. The summed E-state index contributed by atoms with van der Waals surface area (Å²) in [6.45, 7) is 6.98. The number of rotatable bonds is 7. The van der Waals surface area contributed by atoms with Gasteiger partial charge in [-0.05, 0) is 67.8 Å². The van der Waals surface area contributed by atoms with Gasteiger partial charge in [-0.1, -0.05) is 13.0 Å². The zero-order valence-electron chi connectivity index (χ0n) is 21.5. The molecule has 0 unspecified atom stereocenters. The second-order valence-electron chi connectivity index (χ2n) is 9.96. The van der Waals surface area contributed by atoms with Crippen molar-refractivity contribution >= 4 is 39.8 Å². The van der Waals surface area contributed by atoms with E-state index in [1.54, 1.807) is 24.4 Å². The molecule has 1 aliphatic carbocycles. The number of piperidine rings is 1. The fraction of sp³-hybridized carbons (Fsp3) is 0.333. The molecule has 2 N–H and O–H groups in total. The molecule has 2 aliphatic rings. The lowest BCUT2D eigenvalue weighted by molar-refractivity contribution is -0.140. The third-order valence-electron chi connectivity index (χ3n) is 7.39. The van der Waals surface area contributed by atoms with Crippen LogP contribution in [0.15, 0.2) is 55.3 Å². The second kappa shape index (κ2) is 10.9. The molecule has 2 fully saturated rings. The van der Waals surface area contributed by atoms with E-state index in [0.717, 1.165) is 55.8 Å². The third kappa shape index (κ3) is 5.32. The van der Waals surface area contributed by atoms with Crippen LogP contribution in [0.5, 0.6) is 5.75 Å². The van der Waals surface area contributed by atoms with Crippen LogP contribution >= 0.6 is 0 Å². The number of carbonyl (C=O) groups excluding carboxylic acids is 2. The second-order valence-corrected chi connectivity index (χ2v) is 9.96. The van der Waals surface area contributed by atoms with Gasteiger partial charge in [-0.3, -0.25) is 14.6 Å². The number of nitrogens with zero attached hydrogens (tertiary/aromatic N) is 3. The molecule has 0 atom stereocenters. The van der Waals surface area contributed by atoms with E-state index >= 15 is 0 Å². The van der Waals surface area contributed by atoms with Crippen molar-refractivity contribution in [2.24, 2.45) is 5.92 Å². The maximum absolute atomic E-state index is 12.5. The van der Waals surface area contributed by atoms with Crippen molar-refractivity contribution in [3.8, 4) is 11.8 Å². The summed E-state index contributed by atoms with van der Waals surface area (Å²) >= 11 is 0. The minimum absolute atomic E-state index is 0.0801. The SMILES string of the molecule is C=CC(=O)Nc1ccc2ncc(C#N)c(Nc3ccc(OC4CCN(C(=O)C5CCC5)CC4)c(C)c3)c2c1. The van der Waals surface area contributed by atoms with E-state index in [1.807, 2.05) is 30.0 Å². The minimum atomic E-state index is -0.315. The van der Waals surface area contributed by atoms with Crippen LogP contribution in [-0.4, -0.2) is 40.9 Å². The molecular formula is C30H31N5O3. The zero-order chi connectivity index (χ0) is 26.6. The minimum Gasteiger partial charge on any atom is -0.490 e. The first-order valence-corrected chi connectivity index (χ1v) is 13.0. The van der Waals surface area contributed by atoms with Gasteiger partial charge in [-0.2, -0.15) is 5.26 Å². The fourth-order valence-corrected chi connectivity index (χ4v) is 4.97. The van der Waals surface area contributed by atoms with Crippen LogP contribution < -0.4 is 15.4 Å². The van der Waals surface area contributed by atoms with Crippen LogP contribution in [0.3, 0.4) is 0 Å². The van der Waals surface area contributed by atoms with Gasteiger partial charge < -0.3 is 20.3 Å². The molecule has 2 aromatic carbocycles. The van der Waals surface area contributed by atoms with Gasteiger partial charge in [0, 0.05) is 54.8 Å². The van der Waals surface area contributed by atoms with Crippen molar-refractivity contribution in [1.29, 1.82) is 5.26 Å². The number of benzene rings is 2. The average Bonchev–Trinajstić information content (AvgIpc) is 2.89. The maximum atomic E-state index is 12.5. The summed E-state index contributed by atoms with van der Waals surface area (Å²) in [7, 11) is 0. The summed E-state index contributed by atoms with van der Waals surface area (Å²) in [5.41, 5.74) is 4.07. The van der Waals surface area contributed by atoms with Gasteiger partial charge >= 0.3 is 0 Å². The van der Waals surface area contributed by atoms with Gasteiger partial charge in [-0.25, -0.2) is 0 Å². The topological polar surface area (TPSA) is 107 Å². The summed E-state index contributed by atoms with van der Waals surface area (Å²) in [4.78, 5) is 30.7. The van der Waals surface area contributed by atoms with Crippen LogP contribution in [-0.2, 0) is 9.59 Å². The summed E-state index contributed by atoms with van der Waals surface area (Å²) in [6.07, 6.45) is 7.73. The normalized spacial score (nSPS) is 15.8. The molecule has 2 amide bonds. The molecule has 2 heterocycles.